The lowest BCUT2D eigenvalue weighted by Gasteiger charge is -2.26. The first-order valence-electron chi connectivity index (χ1n) is 5.76. The number of nitrogens with zero attached hydrogens (tertiary/aromatic N) is 3. The molecule has 88 valence electrons. The van der Waals surface area contributed by atoms with E-state index in [0.717, 1.165) is 13.1 Å². The molecular formula is C12H19N3O. The third kappa shape index (κ3) is 2.81. The van der Waals surface area contributed by atoms with E-state index in [9.17, 15) is 0 Å². The third-order valence-corrected chi connectivity index (χ3v) is 2.67. The molecular weight excluding hydrogens is 202 g/mol. The van der Waals surface area contributed by atoms with Crippen LogP contribution in [0.15, 0.2) is 24.0 Å². The molecule has 0 spiro atoms. The molecule has 1 rings (SSSR count). The number of rotatable bonds is 5. The van der Waals surface area contributed by atoms with E-state index in [2.05, 4.69) is 23.5 Å². The topological polar surface area (TPSA) is 48.9 Å². The van der Waals surface area contributed by atoms with Gasteiger partial charge in [0.2, 0.25) is 5.76 Å². The van der Waals surface area contributed by atoms with Crippen LogP contribution in [0.4, 0.5) is 0 Å². The fourth-order valence-electron chi connectivity index (χ4n) is 1.80. The molecule has 4 heteroatoms. The van der Waals surface area contributed by atoms with Crippen LogP contribution in [0.2, 0.25) is 0 Å². The maximum Gasteiger partial charge on any atom is 0.356 e. The molecule has 0 aromatic rings. The number of ether oxygens (including phenoxy) is 1. The van der Waals surface area contributed by atoms with E-state index < -0.39 is 0 Å². The zero-order valence-corrected chi connectivity index (χ0v) is 10.2. The van der Waals surface area contributed by atoms with Crippen LogP contribution in [0.1, 0.15) is 20.8 Å². The van der Waals surface area contributed by atoms with Crippen LogP contribution in [-0.4, -0.2) is 41.1 Å². The lowest BCUT2D eigenvalue weighted by molar-refractivity contribution is -0.00801. The second-order valence-electron chi connectivity index (χ2n) is 3.52. The monoisotopic (exact) mass is 221 g/mol. The molecule has 0 aromatic heterocycles. The molecule has 0 radical (unpaired) electrons. The highest BCUT2D eigenvalue weighted by Gasteiger charge is 2.23. The minimum Gasteiger partial charge on any atom is -0.487 e. The van der Waals surface area contributed by atoms with E-state index in [1.807, 2.05) is 19.1 Å². The normalized spacial score (nSPS) is 19.6. The SMILES string of the molecule is CCOC1=CC(N(CC)CC)C=CC1=[N+]=[N-]. The van der Waals surface area contributed by atoms with Crippen LogP contribution in [0.3, 0.4) is 0 Å². The molecule has 0 heterocycles. The molecule has 0 saturated heterocycles. The number of allylic oxidation sites excluding steroid dienone is 1. The third-order valence-electron chi connectivity index (χ3n) is 2.67. The molecule has 0 fully saturated rings. The summed E-state index contributed by atoms with van der Waals surface area (Å²) in [4.78, 5) is 5.51. The summed E-state index contributed by atoms with van der Waals surface area (Å²) in [5, 5.41) is 0. The summed E-state index contributed by atoms with van der Waals surface area (Å²) in [6.45, 7) is 8.70. The Bertz CT molecular complexity index is 336. The lowest BCUT2D eigenvalue weighted by Crippen LogP contribution is -2.34. The Balaban J connectivity index is 2.88. The molecule has 1 unspecified atom stereocenters. The van der Waals surface area contributed by atoms with E-state index in [1.54, 1.807) is 6.08 Å². The predicted molar refractivity (Wildman–Crippen MR) is 64.2 cm³/mol. The maximum absolute atomic E-state index is 8.83. The van der Waals surface area contributed by atoms with Gasteiger partial charge in [-0.2, -0.15) is 4.79 Å². The molecule has 0 bridgehead atoms. The predicted octanol–water partition coefficient (Wildman–Crippen LogP) is 1.86. The van der Waals surface area contributed by atoms with Gasteiger partial charge in [0.25, 0.3) is 0 Å². The smallest absolute Gasteiger partial charge is 0.356 e. The average molecular weight is 221 g/mol. The zero-order chi connectivity index (χ0) is 12.0. The Labute approximate surface area is 96.8 Å². The van der Waals surface area contributed by atoms with Gasteiger partial charge >= 0.3 is 5.71 Å². The highest BCUT2D eigenvalue weighted by atomic mass is 16.5. The summed E-state index contributed by atoms with van der Waals surface area (Å²) in [7, 11) is 0. The fourth-order valence-corrected chi connectivity index (χ4v) is 1.80. The van der Waals surface area contributed by atoms with Gasteiger partial charge in [0, 0.05) is 6.08 Å². The van der Waals surface area contributed by atoms with Crippen molar-refractivity contribution in [2.75, 3.05) is 19.7 Å². The first kappa shape index (κ1) is 12.7. The molecule has 16 heavy (non-hydrogen) atoms. The molecule has 1 aliphatic rings. The van der Waals surface area contributed by atoms with E-state index in [-0.39, 0.29) is 6.04 Å². The Morgan fingerprint density at radius 3 is 2.56 bits per heavy atom. The van der Waals surface area contributed by atoms with Crippen LogP contribution in [0, 0.1) is 0 Å². The molecule has 0 aliphatic heterocycles. The van der Waals surface area contributed by atoms with Crippen molar-refractivity contribution in [2.45, 2.75) is 26.8 Å². The van der Waals surface area contributed by atoms with Crippen LogP contribution < -0.4 is 0 Å². The van der Waals surface area contributed by atoms with E-state index in [0.29, 0.717) is 18.1 Å². The summed E-state index contributed by atoms with van der Waals surface area (Å²) < 4.78 is 5.45. The van der Waals surface area contributed by atoms with E-state index in [4.69, 9.17) is 10.3 Å². The molecule has 1 atom stereocenters. The number of hydrogen-bond acceptors (Lipinski definition) is 2. The van der Waals surface area contributed by atoms with E-state index in [1.165, 1.54) is 0 Å². The Kier molecular flexibility index (Phi) is 4.96. The van der Waals surface area contributed by atoms with Gasteiger partial charge in [-0.25, -0.2) is 0 Å². The Morgan fingerprint density at radius 2 is 2.06 bits per heavy atom. The Hall–Kier alpha value is -1.38. The molecule has 0 aromatic carbocycles. The largest absolute Gasteiger partial charge is 0.487 e. The van der Waals surface area contributed by atoms with Crippen LogP contribution in [0.5, 0.6) is 0 Å². The van der Waals surface area contributed by atoms with E-state index >= 15 is 0 Å². The summed E-state index contributed by atoms with van der Waals surface area (Å²) in [6, 6.07) is 0.224. The molecule has 0 N–H and O–H groups in total. The van der Waals surface area contributed by atoms with Gasteiger partial charge in [0.1, 0.15) is 0 Å². The van der Waals surface area contributed by atoms with Crippen LogP contribution in [-0.2, 0) is 4.74 Å². The van der Waals surface area contributed by atoms with Crippen molar-refractivity contribution < 1.29 is 9.53 Å². The van der Waals surface area contributed by atoms with Gasteiger partial charge in [0.15, 0.2) is 0 Å². The molecule has 0 amide bonds. The maximum atomic E-state index is 8.83. The van der Waals surface area contributed by atoms with Crippen molar-refractivity contribution >= 4 is 5.71 Å². The van der Waals surface area contributed by atoms with Gasteiger partial charge in [-0.3, -0.25) is 4.90 Å². The molecule has 4 nitrogen and oxygen atoms in total. The lowest BCUT2D eigenvalue weighted by atomic mass is 10.1. The van der Waals surface area contributed by atoms with Crippen molar-refractivity contribution in [3.63, 3.8) is 0 Å². The average Bonchev–Trinajstić information content (AvgIpc) is 2.31. The highest BCUT2D eigenvalue weighted by Crippen LogP contribution is 2.14. The summed E-state index contributed by atoms with van der Waals surface area (Å²) >= 11 is 0. The molecule has 1 aliphatic carbocycles. The fraction of sp³-hybridized carbons (Fsp3) is 0.583. The van der Waals surface area contributed by atoms with Crippen molar-refractivity contribution in [3.05, 3.63) is 29.5 Å². The highest BCUT2D eigenvalue weighted by molar-refractivity contribution is 6.03. The van der Waals surface area contributed by atoms with Gasteiger partial charge < -0.3 is 10.3 Å². The summed E-state index contributed by atoms with van der Waals surface area (Å²) in [5.41, 5.74) is 9.32. The van der Waals surface area contributed by atoms with Crippen molar-refractivity contribution in [1.82, 2.24) is 4.90 Å². The Morgan fingerprint density at radius 1 is 1.38 bits per heavy atom. The number of likely N-dealkylation sites (N-methyl/N-ethyl adjacent to an activating group) is 1. The summed E-state index contributed by atoms with van der Waals surface area (Å²) in [6.07, 6.45) is 5.81. The van der Waals surface area contributed by atoms with Gasteiger partial charge in [-0.1, -0.05) is 19.9 Å². The van der Waals surface area contributed by atoms with Crippen LogP contribution >= 0.6 is 0 Å². The minimum absolute atomic E-state index is 0.224. The second-order valence-corrected chi connectivity index (χ2v) is 3.52. The van der Waals surface area contributed by atoms with Gasteiger partial charge in [-0.15, -0.1) is 0 Å². The standard InChI is InChI=1S/C12H19N3O/c1-4-15(5-2)10-7-8-11(14-13)12(9-10)16-6-3/h7-10H,4-6H2,1-3H3. The van der Waals surface area contributed by atoms with Crippen LogP contribution in [0.25, 0.3) is 5.53 Å². The minimum atomic E-state index is 0.224. The first-order valence-corrected chi connectivity index (χ1v) is 5.76. The van der Waals surface area contributed by atoms with Gasteiger partial charge in [0.05, 0.1) is 12.6 Å². The number of hydrogen-bond donors (Lipinski definition) is 0. The van der Waals surface area contributed by atoms with Crippen molar-refractivity contribution in [1.29, 1.82) is 0 Å². The second kappa shape index (κ2) is 6.26. The quantitative estimate of drug-likeness (QED) is 0.525. The zero-order valence-electron chi connectivity index (χ0n) is 10.2. The van der Waals surface area contributed by atoms with Gasteiger partial charge in [-0.05, 0) is 26.1 Å². The summed E-state index contributed by atoms with van der Waals surface area (Å²) in [5.74, 6) is 0.657. The van der Waals surface area contributed by atoms with Crippen molar-refractivity contribution in [3.8, 4) is 0 Å². The van der Waals surface area contributed by atoms with Crippen molar-refractivity contribution in [2.24, 2.45) is 0 Å². The molecule has 0 saturated carbocycles. The first-order chi connectivity index (χ1) is 7.76.